The molecule has 1 aliphatic heterocycles. The maximum absolute atomic E-state index is 11.4. The van der Waals surface area contributed by atoms with E-state index in [1.807, 2.05) is 23.1 Å². The second kappa shape index (κ2) is 6.48. The number of nitrogens with zero attached hydrogens (tertiary/aromatic N) is 4. The maximum Gasteiger partial charge on any atom is 0.329 e. The number of nitro groups is 1. The molecule has 0 unspecified atom stereocenters. The van der Waals surface area contributed by atoms with Crippen LogP contribution in [0.5, 0.6) is 0 Å². The highest BCUT2D eigenvalue weighted by molar-refractivity contribution is 5.80. The molecule has 3 heterocycles. The molecular formula is C19H17N5O2. The SMILES string of the molecule is N#Cc1ccnc(N2CCC(c3cc4ccccc4[nH]3)CC2)c1[N+](=O)[O-]. The van der Waals surface area contributed by atoms with Crippen molar-refractivity contribution in [2.75, 3.05) is 18.0 Å². The number of fused-ring (bicyclic) bond motifs is 1. The normalized spacial score (nSPS) is 15.1. The zero-order valence-corrected chi connectivity index (χ0v) is 14.1. The zero-order chi connectivity index (χ0) is 18.1. The molecule has 0 aliphatic carbocycles. The number of H-pyrrole nitrogens is 1. The summed E-state index contributed by atoms with van der Waals surface area (Å²) in [4.78, 5) is 20.5. The van der Waals surface area contributed by atoms with E-state index in [9.17, 15) is 10.1 Å². The minimum Gasteiger partial charge on any atom is -0.358 e. The molecule has 1 fully saturated rings. The summed E-state index contributed by atoms with van der Waals surface area (Å²) >= 11 is 0. The molecule has 1 saturated heterocycles. The fourth-order valence-electron chi connectivity index (χ4n) is 3.66. The minimum absolute atomic E-state index is 0.0535. The first kappa shape index (κ1) is 16.1. The van der Waals surface area contributed by atoms with Crippen molar-refractivity contribution in [3.8, 4) is 6.07 Å². The van der Waals surface area contributed by atoms with Crippen LogP contribution in [0.2, 0.25) is 0 Å². The first-order chi connectivity index (χ1) is 12.7. The quantitative estimate of drug-likeness (QED) is 0.575. The van der Waals surface area contributed by atoms with Crippen LogP contribution in [-0.4, -0.2) is 28.0 Å². The highest BCUT2D eigenvalue weighted by Gasteiger charge is 2.29. The van der Waals surface area contributed by atoms with E-state index in [1.165, 1.54) is 23.3 Å². The molecule has 3 aromatic rings. The Hall–Kier alpha value is -3.40. The molecule has 0 radical (unpaired) electrons. The second-order valence-corrected chi connectivity index (χ2v) is 6.47. The molecule has 1 N–H and O–H groups in total. The van der Waals surface area contributed by atoms with E-state index in [0.717, 1.165) is 18.4 Å². The van der Waals surface area contributed by atoms with E-state index in [1.54, 1.807) is 0 Å². The molecule has 0 bridgehead atoms. The molecule has 4 rings (SSSR count). The van der Waals surface area contributed by atoms with Crippen molar-refractivity contribution >= 4 is 22.4 Å². The minimum atomic E-state index is -0.509. The predicted molar refractivity (Wildman–Crippen MR) is 98.1 cm³/mol. The number of nitriles is 1. The highest BCUT2D eigenvalue weighted by atomic mass is 16.6. The number of nitrogens with one attached hydrogen (secondary N) is 1. The first-order valence-corrected chi connectivity index (χ1v) is 8.53. The molecule has 0 spiro atoms. The van der Waals surface area contributed by atoms with Crippen LogP contribution < -0.4 is 4.90 Å². The number of aromatic nitrogens is 2. The molecule has 130 valence electrons. The predicted octanol–water partition coefficient (Wildman–Crippen LogP) is 3.73. The first-order valence-electron chi connectivity index (χ1n) is 8.53. The van der Waals surface area contributed by atoms with Gasteiger partial charge in [0.2, 0.25) is 5.82 Å². The van der Waals surface area contributed by atoms with Gasteiger partial charge in [-0.05, 0) is 36.4 Å². The van der Waals surface area contributed by atoms with E-state index in [2.05, 4.69) is 28.2 Å². The van der Waals surface area contributed by atoms with Gasteiger partial charge in [0.05, 0.1) is 4.92 Å². The number of benzene rings is 1. The smallest absolute Gasteiger partial charge is 0.329 e. The van der Waals surface area contributed by atoms with Gasteiger partial charge in [0.15, 0.2) is 0 Å². The third-order valence-corrected chi connectivity index (χ3v) is 4.99. The van der Waals surface area contributed by atoms with Gasteiger partial charge < -0.3 is 9.88 Å². The summed E-state index contributed by atoms with van der Waals surface area (Å²) in [6.45, 7) is 1.34. The van der Waals surface area contributed by atoms with Gasteiger partial charge in [0, 0.05) is 36.4 Å². The van der Waals surface area contributed by atoms with Crippen molar-refractivity contribution in [2.45, 2.75) is 18.8 Å². The summed E-state index contributed by atoms with van der Waals surface area (Å²) in [7, 11) is 0. The topological polar surface area (TPSA) is 98.8 Å². The summed E-state index contributed by atoms with van der Waals surface area (Å²) < 4.78 is 0. The van der Waals surface area contributed by atoms with E-state index in [4.69, 9.17) is 5.26 Å². The van der Waals surface area contributed by atoms with Gasteiger partial charge in [-0.2, -0.15) is 5.26 Å². The van der Waals surface area contributed by atoms with Crippen LogP contribution in [0.4, 0.5) is 11.5 Å². The molecule has 0 atom stereocenters. The number of hydrogen-bond donors (Lipinski definition) is 1. The van der Waals surface area contributed by atoms with Crippen molar-refractivity contribution in [2.24, 2.45) is 0 Å². The van der Waals surface area contributed by atoms with E-state index in [-0.39, 0.29) is 11.3 Å². The summed E-state index contributed by atoms with van der Waals surface area (Å²) in [6.07, 6.45) is 3.22. The number of hydrogen-bond acceptors (Lipinski definition) is 5. The van der Waals surface area contributed by atoms with Gasteiger partial charge in [0.25, 0.3) is 0 Å². The highest BCUT2D eigenvalue weighted by Crippen LogP contribution is 2.35. The van der Waals surface area contributed by atoms with Crippen molar-refractivity contribution in [3.63, 3.8) is 0 Å². The van der Waals surface area contributed by atoms with Gasteiger partial charge >= 0.3 is 5.69 Å². The lowest BCUT2D eigenvalue weighted by Crippen LogP contribution is -2.34. The Bertz CT molecular complexity index is 979. The summed E-state index contributed by atoms with van der Waals surface area (Å²) in [6, 6.07) is 13.7. The number of anilines is 1. The Labute approximate surface area is 150 Å². The lowest BCUT2D eigenvalue weighted by Gasteiger charge is -2.32. The van der Waals surface area contributed by atoms with E-state index < -0.39 is 4.92 Å². The van der Waals surface area contributed by atoms with Gasteiger partial charge in [-0.1, -0.05) is 18.2 Å². The van der Waals surface area contributed by atoms with Crippen molar-refractivity contribution in [3.05, 3.63) is 64.0 Å². The van der Waals surface area contributed by atoms with Crippen molar-refractivity contribution < 1.29 is 4.92 Å². The molecule has 0 amide bonds. The molecule has 0 saturated carbocycles. The molecular weight excluding hydrogens is 330 g/mol. The van der Waals surface area contributed by atoms with E-state index in [0.29, 0.717) is 24.8 Å². The number of aromatic amines is 1. The average Bonchev–Trinajstić information content (AvgIpc) is 3.11. The summed E-state index contributed by atoms with van der Waals surface area (Å²) in [5, 5.41) is 21.8. The van der Waals surface area contributed by atoms with Gasteiger partial charge in [-0.3, -0.25) is 10.1 Å². The number of rotatable bonds is 3. The van der Waals surface area contributed by atoms with Crippen LogP contribution in [0.15, 0.2) is 42.6 Å². The van der Waals surface area contributed by atoms with Crippen LogP contribution in [0.25, 0.3) is 10.9 Å². The Kier molecular flexibility index (Phi) is 4.01. The Morgan fingerprint density at radius 2 is 2.04 bits per heavy atom. The van der Waals surface area contributed by atoms with Crippen LogP contribution in [0.3, 0.4) is 0 Å². The summed E-state index contributed by atoms with van der Waals surface area (Å²) in [5.74, 6) is 0.681. The van der Waals surface area contributed by atoms with Gasteiger partial charge in [0.1, 0.15) is 11.6 Å². The van der Waals surface area contributed by atoms with Gasteiger partial charge in [-0.25, -0.2) is 4.98 Å². The third-order valence-electron chi connectivity index (χ3n) is 4.99. The molecule has 26 heavy (non-hydrogen) atoms. The van der Waals surface area contributed by atoms with E-state index >= 15 is 0 Å². The zero-order valence-electron chi connectivity index (χ0n) is 14.1. The molecule has 7 nitrogen and oxygen atoms in total. The molecule has 1 aliphatic rings. The van der Waals surface area contributed by atoms with Crippen molar-refractivity contribution in [1.82, 2.24) is 9.97 Å². The lowest BCUT2D eigenvalue weighted by molar-refractivity contribution is -0.384. The summed E-state index contributed by atoms with van der Waals surface area (Å²) in [5.41, 5.74) is 2.19. The fraction of sp³-hybridized carbons (Fsp3) is 0.263. The fourth-order valence-corrected chi connectivity index (χ4v) is 3.66. The Morgan fingerprint density at radius 1 is 1.27 bits per heavy atom. The maximum atomic E-state index is 11.4. The third kappa shape index (κ3) is 2.75. The number of pyridine rings is 1. The van der Waals surface area contributed by atoms with Crippen LogP contribution in [0.1, 0.15) is 30.0 Å². The lowest BCUT2D eigenvalue weighted by atomic mass is 9.93. The largest absolute Gasteiger partial charge is 0.358 e. The molecule has 2 aromatic heterocycles. The Balaban J connectivity index is 1.56. The standard InChI is InChI=1S/C19H17N5O2/c20-12-15-5-8-21-19(18(15)24(25)26)23-9-6-13(7-10-23)17-11-14-3-1-2-4-16(14)22-17/h1-5,8,11,13,22H,6-7,9-10H2. The van der Waals surface area contributed by atoms with Crippen LogP contribution in [-0.2, 0) is 0 Å². The van der Waals surface area contributed by atoms with Crippen LogP contribution in [0, 0.1) is 21.4 Å². The molecule has 1 aromatic carbocycles. The number of piperidine rings is 1. The van der Waals surface area contributed by atoms with Crippen molar-refractivity contribution in [1.29, 1.82) is 5.26 Å². The second-order valence-electron chi connectivity index (χ2n) is 6.47. The van der Waals surface area contributed by atoms with Crippen LogP contribution >= 0.6 is 0 Å². The Morgan fingerprint density at radius 3 is 2.73 bits per heavy atom. The number of para-hydroxylation sites is 1. The monoisotopic (exact) mass is 347 g/mol. The van der Waals surface area contributed by atoms with Gasteiger partial charge in [-0.15, -0.1) is 0 Å². The average molecular weight is 347 g/mol. The molecule has 7 heteroatoms.